The summed E-state index contributed by atoms with van der Waals surface area (Å²) in [6.07, 6.45) is 4.86. The number of aromatic nitrogens is 3. The van der Waals surface area contributed by atoms with E-state index in [9.17, 15) is 14.3 Å². The summed E-state index contributed by atoms with van der Waals surface area (Å²) in [6.45, 7) is 1.91. The normalized spacial score (nSPS) is 21.1. The molecule has 5 rings (SSSR count). The van der Waals surface area contributed by atoms with Gasteiger partial charge in [0.15, 0.2) is 0 Å². The van der Waals surface area contributed by atoms with E-state index in [-0.39, 0.29) is 30.1 Å². The summed E-state index contributed by atoms with van der Waals surface area (Å²) in [5, 5.41) is 10.6. The van der Waals surface area contributed by atoms with Crippen LogP contribution in [0, 0.1) is 5.82 Å². The van der Waals surface area contributed by atoms with Gasteiger partial charge < -0.3 is 14.7 Å². The van der Waals surface area contributed by atoms with Gasteiger partial charge in [-0.15, -0.1) is 11.3 Å². The van der Waals surface area contributed by atoms with E-state index in [1.165, 1.54) is 27.9 Å². The molecule has 3 aromatic rings. The van der Waals surface area contributed by atoms with E-state index >= 15 is 0 Å². The molecule has 0 aliphatic carbocycles. The highest BCUT2D eigenvalue weighted by Crippen LogP contribution is 2.33. The summed E-state index contributed by atoms with van der Waals surface area (Å²) >= 11 is 1.65. The first-order chi connectivity index (χ1) is 15.6. The van der Waals surface area contributed by atoms with Gasteiger partial charge in [0.25, 0.3) is 0 Å². The van der Waals surface area contributed by atoms with E-state index in [1.54, 1.807) is 28.4 Å². The van der Waals surface area contributed by atoms with Gasteiger partial charge in [-0.3, -0.25) is 4.57 Å². The van der Waals surface area contributed by atoms with E-state index in [4.69, 9.17) is 4.74 Å². The highest BCUT2D eigenvalue weighted by Gasteiger charge is 2.24. The predicted octanol–water partition coefficient (Wildman–Crippen LogP) is 3.00. The molecular weight excluding hydrogens is 431 g/mol. The third kappa shape index (κ3) is 4.36. The van der Waals surface area contributed by atoms with Crippen molar-refractivity contribution in [3.8, 4) is 0 Å². The Balaban J connectivity index is 1.28. The van der Waals surface area contributed by atoms with Gasteiger partial charge in [0, 0.05) is 22.9 Å². The molecule has 9 heteroatoms. The van der Waals surface area contributed by atoms with Gasteiger partial charge in [-0.1, -0.05) is 18.2 Å². The second-order valence-electron chi connectivity index (χ2n) is 7.96. The van der Waals surface area contributed by atoms with Crippen LogP contribution in [-0.4, -0.2) is 45.4 Å². The van der Waals surface area contributed by atoms with Crippen molar-refractivity contribution in [1.29, 1.82) is 0 Å². The predicted molar refractivity (Wildman–Crippen MR) is 120 cm³/mol. The smallest absolute Gasteiger partial charge is 0.352 e. The van der Waals surface area contributed by atoms with Crippen LogP contribution in [0.5, 0.6) is 0 Å². The summed E-state index contributed by atoms with van der Waals surface area (Å²) in [4.78, 5) is 25.1. The van der Waals surface area contributed by atoms with E-state index in [0.717, 1.165) is 35.5 Å². The molecule has 0 amide bonds. The van der Waals surface area contributed by atoms with Gasteiger partial charge in [0.05, 0.1) is 25.3 Å². The van der Waals surface area contributed by atoms with Crippen molar-refractivity contribution in [3.63, 3.8) is 0 Å². The van der Waals surface area contributed by atoms with Crippen LogP contribution < -0.4 is 10.6 Å². The summed E-state index contributed by atoms with van der Waals surface area (Å²) in [5.74, 6) is -0.0354. The average molecular weight is 455 g/mol. The molecule has 2 aromatic heterocycles. The quantitative estimate of drug-likeness (QED) is 0.639. The molecule has 0 radical (unpaired) electrons. The van der Waals surface area contributed by atoms with Crippen molar-refractivity contribution in [2.45, 2.75) is 31.6 Å². The van der Waals surface area contributed by atoms with Crippen LogP contribution in [0.4, 0.5) is 10.3 Å². The van der Waals surface area contributed by atoms with E-state index in [0.29, 0.717) is 13.1 Å². The lowest BCUT2D eigenvalue weighted by Gasteiger charge is -2.30. The third-order valence-electron chi connectivity index (χ3n) is 5.75. The Labute approximate surface area is 188 Å². The van der Waals surface area contributed by atoms with Gasteiger partial charge in [0.2, 0.25) is 5.95 Å². The van der Waals surface area contributed by atoms with Gasteiger partial charge >= 0.3 is 5.69 Å². The van der Waals surface area contributed by atoms with Crippen molar-refractivity contribution < 1.29 is 14.2 Å². The summed E-state index contributed by atoms with van der Waals surface area (Å²) in [6, 6.07) is 10.1. The molecule has 1 N–H and O–H groups in total. The average Bonchev–Trinajstić information content (AvgIpc) is 3.48. The molecule has 0 bridgehead atoms. The first kappa shape index (κ1) is 21.0. The number of aliphatic hydroxyl groups is 1. The number of hydrogen-bond acceptors (Lipinski definition) is 7. The fraction of sp³-hybridized carbons (Fsp3) is 0.348. The number of aliphatic hydroxyl groups excluding tert-OH is 1. The van der Waals surface area contributed by atoms with Crippen molar-refractivity contribution in [3.05, 3.63) is 80.4 Å². The topological polar surface area (TPSA) is 80.5 Å². The lowest BCUT2D eigenvalue weighted by Crippen LogP contribution is -2.40. The minimum absolute atomic E-state index is 0.169. The standard InChI is InChI=1S/C23H23FN4O3S/c24-16-5-3-15(4-6-16)18-9-10-27(13-19(18)29)22-25-14-28(23(30)26-22)12-17-7-8-21(32-17)20-2-1-11-31-20/h3-9,14,19-20,29H,1-2,10-13H2/t19?,20-/m1/s1. The third-order valence-corrected chi connectivity index (χ3v) is 6.92. The van der Waals surface area contributed by atoms with Gasteiger partial charge in [-0.2, -0.15) is 4.98 Å². The van der Waals surface area contributed by atoms with Crippen molar-refractivity contribution in [2.75, 3.05) is 24.6 Å². The zero-order valence-electron chi connectivity index (χ0n) is 17.4. The van der Waals surface area contributed by atoms with Crippen molar-refractivity contribution in [1.82, 2.24) is 14.5 Å². The fourth-order valence-corrected chi connectivity index (χ4v) is 5.17. The van der Waals surface area contributed by atoms with Gasteiger partial charge in [0.1, 0.15) is 12.1 Å². The first-order valence-corrected chi connectivity index (χ1v) is 11.4. The molecule has 0 spiro atoms. The Kier molecular flexibility index (Phi) is 5.86. The van der Waals surface area contributed by atoms with E-state index < -0.39 is 6.10 Å². The van der Waals surface area contributed by atoms with Crippen LogP contribution in [0.2, 0.25) is 0 Å². The molecular formula is C23H23FN4O3S. The molecule has 4 heterocycles. The maximum absolute atomic E-state index is 13.2. The van der Waals surface area contributed by atoms with Gasteiger partial charge in [-0.05, 0) is 48.2 Å². The van der Waals surface area contributed by atoms with Crippen molar-refractivity contribution >= 4 is 22.9 Å². The first-order valence-electron chi connectivity index (χ1n) is 10.6. The molecule has 1 aromatic carbocycles. The molecule has 0 saturated carbocycles. The number of halogens is 1. The lowest BCUT2D eigenvalue weighted by molar-refractivity contribution is 0.114. The van der Waals surface area contributed by atoms with Crippen molar-refractivity contribution in [2.24, 2.45) is 0 Å². The van der Waals surface area contributed by atoms with Crippen LogP contribution in [-0.2, 0) is 11.3 Å². The molecule has 2 aliphatic rings. The highest BCUT2D eigenvalue weighted by atomic mass is 32.1. The van der Waals surface area contributed by atoms with Gasteiger partial charge in [-0.25, -0.2) is 14.2 Å². The monoisotopic (exact) mass is 454 g/mol. The molecule has 1 fully saturated rings. The number of thiophene rings is 1. The molecule has 166 valence electrons. The van der Waals surface area contributed by atoms with Crippen LogP contribution in [0.15, 0.2) is 53.6 Å². The lowest BCUT2D eigenvalue weighted by atomic mass is 9.97. The number of benzene rings is 1. The maximum atomic E-state index is 13.2. The Morgan fingerprint density at radius 2 is 2.06 bits per heavy atom. The molecule has 2 aliphatic heterocycles. The number of anilines is 1. The summed E-state index contributed by atoms with van der Waals surface area (Å²) in [7, 11) is 0. The minimum Gasteiger partial charge on any atom is -0.387 e. The number of β-amino-alcohol motifs (C(OH)–C–C–N with tert-alkyl or cyclic N) is 1. The second-order valence-corrected chi connectivity index (χ2v) is 9.16. The Morgan fingerprint density at radius 1 is 1.22 bits per heavy atom. The molecule has 7 nitrogen and oxygen atoms in total. The van der Waals surface area contributed by atoms with Crippen LogP contribution in [0.1, 0.15) is 34.3 Å². The van der Waals surface area contributed by atoms with E-state index in [2.05, 4.69) is 16.0 Å². The zero-order chi connectivity index (χ0) is 22.1. The zero-order valence-corrected chi connectivity index (χ0v) is 18.2. The molecule has 32 heavy (non-hydrogen) atoms. The molecule has 1 unspecified atom stereocenters. The second kappa shape index (κ2) is 8.93. The Bertz CT molecular complexity index is 1180. The summed E-state index contributed by atoms with van der Waals surface area (Å²) in [5.41, 5.74) is 1.12. The molecule has 2 atom stereocenters. The molecule has 1 saturated heterocycles. The Morgan fingerprint density at radius 3 is 2.78 bits per heavy atom. The SMILES string of the molecule is O=c1nc(N2CC=C(c3ccc(F)cc3)C(O)C2)ncn1Cc1ccc([C@H]2CCCO2)s1. The van der Waals surface area contributed by atoms with Crippen LogP contribution in [0.25, 0.3) is 5.57 Å². The Hall–Kier alpha value is -2.88. The number of ether oxygens (including phenoxy) is 1. The minimum atomic E-state index is -0.789. The van der Waals surface area contributed by atoms with E-state index in [1.807, 2.05) is 12.1 Å². The number of hydrogen-bond donors (Lipinski definition) is 1. The largest absolute Gasteiger partial charge is 0.387 e. The summed E-state index contributed by atoms with van der Waals surface area (Å²) < 4.78 is 20.4. The number of nitrogens with zero attached hydrogens (tertiary/aromatic N) is 4. The maximum Gasteiger partial charge on any atom is 0.352 e. The fourth-order valence-electron chi connectivity index (χ4n) is 4.07. The number of rotatable bonds is 5. The van der Waals surface area contributed by atoms with Crippen LogP contribution >= 0.6 is 11.3 Å². The highest BCUT2D eigenvalue weighted by molar-refractivity contribution is 7.12. The van der Waals surface area contributed by atoms with Crippen LogP contribution in [0.3, 0.4) is 0 Å².